The number of rotatable bonds is 0. The van der Waals surface area contributed by atoms with Crippen LogP contribution in [0, 0.1) is 0 Å². The van der Waals surface area contributed by atoms with Crippen LogP contribution in [0.4, 0.5) is 0 Å². The molecule has 102 N–H and O–H groups in total. The van der Waals surface area contributed by atoms with Gasteiger partial charge in [-0.15, -0.1) is 0 Å². The van der Waals surface area contributed by atoms with Gasteiger partial charge in [0.05, 0.1) is 0 Å². The van der Waals surface area contributed by atoms with Crippen LogP contribution in [0.15, 0.2) is 0 Å². The summed E-state index contributed by atoms with van der Waals surface area (Å²) in [5.41, 5.74) is 0. The Morgan fingerprint density at radius 3 is 0.0635 bits per heavy atom. The Hall–Kier alpha value is 6.22. The summed E-state index contributed by atoms with van der Waals surface area (Å²) in [7, 11) is 0. The van der Waals surface area contributed by atoms with E-state index in [1.54, 1.807) is 0 Å². The summed E-state index contributed by atoms with van der Waals surface area (Å²) in [5.74, 6) is 0. The number of hydrogen-bond donors (Lipinski definition) is 10. The molecule has 0 aliphatic carbocycles. The van der Waals surface area contributed by atoms with Gasteiger partial charge in [0, 0.05) is 253 Å². The van der Waals surface area contributed by atoms with Crippen molar-refractivity contribution in [3.8, 4) is 0 Å². The molecule has 0 saturated carbocycles. The van der Waals surface area contributed by atoms with Crippen LogP contribution in [-0.2, 0) is 253 Å². The molecule has 0 heterocycles. The molecule has 0 atom stereocenters. The van der Waals surface area contributed by atoms with Crippen molar-refractivity contribution in [1.82, 2.24) is 61.5 Å². The molecule has 51 nitrogen and oxygen atoms in total. The van der Waals surface area contributed by atoms with E-state index in [1.165, 1.54) is 0 Å². The molecule has 0 fully saturated rings. The molecule has 63 heavy (non-hydrogen) atoms. The van der Waals surface area contributed by atoms with Gasteiger partial charge in [-0.2, -0.15) is 0 Å². The molecule has 480 valence electrons. The van der Waals surface area contributed by atoms with E-state index >= 15 is 0 Å². The van der Waals surface area contributed by atoms with E-state index in [9.17, 15) is 0 Å². The smallest absolute Gasteiger partial charge is 0 e. The van der Waals surface area contributed by atoms with Crippen LogP contribution in [0.3, 0.4) is 0 Å². The van der Waals surface area contributed by atoms with Gasteiger partial charge in [-0.05, 0) is 0 Å². The van der Waals surface area contributed by atoms with E-state index in [0.717, 1.165) is 0 Å². The van der Waals surface area contributed by atoms with E-state index in [0.29, 0.717) is 0 Å². The molecule has 0 unspecified atom stereocenters. The topological polar surface area (TPSA) is 1630 Å². The second-order valence-electron chi connectivity index (χ2n) is 0. The van der Waals surface area contributed by atoms with Gasteiger partial charge in [-0.25, -0.2) is 0 Å². The van der Waals surface area contributed by atoms with Gasteiger partial charge in [-0.1, -0.05) is 0 Å². The fourth-order valence-electron chi connectivity index (χ4n) is 0. The molecule has 0 aromatic rings. The van der Waals surface area contributed by atoms with Gasteiger partial charge >= 0.3 is 0 Å². The van der Waals surface area contributed by atoms with E-state index in [4.69, 9.17) is 0 Å². The van der Waals surface area contributed by atoms with Crippen LogP contribution >= 0.6 is 0 Å². The minimum Gasteiger partial charge on any atom is -0.870 e. The molecule has 0 aliphatic rings. The zero-order valence-corrected chi connectivity index (χ0v) is 67.1. The molecule has 0 bridgehead atoms. The largest absolute Gasteiger partial charge is 0.870 e. The zero-order chi connectivity index (χ0) is 0. The first-order chi connectivity index (χ1) is 0. The van der Waals surface area contributed by atoms with E-state index < -0.39 is 0 Å². The van der Waals surface area contributed by atoms with Crippen LogP contribution in [0.1, 0.15) is 0 Å². The van der Waals surface area contributed by atoms with Gasteiger partial charge in [0.1, 0.15) is 0 Å². The van der Waals surface area contributed by atoms with Crippen LogP contribution in [0.25, 0.3) is 0 Å². The molecule has 0 aromatic carbocycles. The van der Waals surface area contributed by atoms with Crippen LogP contribution in [0.2, 0.25) is 0 Å². The summed E-state index contributed by atoms with van der Waals surface area (Å²) in [6, 6.07) is 0. The first-order valence-corrected chi connectivity index (χ1v) is 0. The van der Waals surface area contributed by atoms with Crippen molar-refractivity contribution in [1.29, 1.82) is 0 Å². The average molecular weight is 3100 g/mol. The molecular formula is H102N10O41W12-10. The normalized spacial score (nSPS) is 0. The van der Waals surface area contributed by atoms with Crippen molar-refractivity contribution in [2.24, 2.45) is 0 Å². The summed E-state index contributed by atoms with van der Waals surface area (Å²) in [6.07, 6.45) is 0. The molecule has 0 aliphatic heterocycles. The van der Waals surface area contributed by atoms with Crippen molar-refractivity contribution in [2.45, 2.75) is 0 Å². The predicted molar refractivity (Wildman–Crippen MR) is 182 cm³/mol. The Kier molecular flexibility index (Phi) is 1050000. The third-order valence-corrected chi connectivity index (χ3v) is 0. The minimum atomic E-state index is 0. The maximum Gasteiger partial charge on any atom is 0 e. The van der Waals surface area contributed by atoms with Crippen LogP contribution in [0.5, 0.6) is 0 Å². The molecule has 0 aromatic heterocycles. The molecule has 63 heteroatoms. The van der Waals surface area contributed by atoms with E-state index in [2.05, 4.69) is 0 Å². The van der Waals surface area contributed by atoms with Gasteiger partial charge in [-0.3, -0.25) is 0 Å². The van der Waals surface area contributed by atoms with Crippen molar-refractivity contribution in [2.75, 3.05) is 0 Å². The SMILES string of the molecule is N.N.N.N.N.N.N.N.N.N.O.O.O.O.O.O.O.O.O.O.O.O.O.O.O.O.O.O.O.O.O.O.O.O.O.O.O.O.O.O.O.[OH-].[OH-].[OH-].[OH-].[OH-].[OH-].[OH-].[OH-].[OH-].[OH-].[W].[W].[W].[W].[W].[W].[W].[W].[W].[W].[W].[W]. The maximum absolute atomic E-state index is 0. The van der Waals surface area contributed by atoms with E-state index in [1.807, 2.05) is 0 Å². The second kappa shape index (κ2) is 7970. The summed E-state index contributed by atoms with van der Waals surface area (Å²) in [6.45, 7) is 0. The Labute approximate surface area is 532 Å². The summed E-state index contributed by atoms with van der Waals surface area (Å²) < 4.78 is 0. The summed E-state index contributed by atoms with van der Waals surface area (Å²) in [5, 5.41) is 0. The molecule has 0 spiro atoms. The van der Waals surface area contributed by atoms with Crippen molar-refractivity contribution in [3.05, 3.63) is 0 Å². The van der Waals surface area contributed by atoms with Gasteiger partial charge in [0.2, 0.25) is 0 Å². The minimum absolute atomic E-state index is 0. The zero-order valence-electron chi connectivity index (χ0n) is 31.9. The molecule has 0 radical (unpaired) electrons. The first-order valence-electron chi connectivity index (χ1n) is 0. The average Bonchev–Trinajstić information content (AvgIpc) is 0. The maximum atomic E-state index is 0. The number of hydrogen-bond acceptors (Lipinski definition) is 20. The Morgan fingerprint density at radius 1 is 0.0635 bits per heavy atom. The summed E-state index contributed by atoms with van der Waals surface area (Å²) in [4.78, 5) is 0. The van der Waals surface area contributed by atoms with Gasteiger partial charge in [0.25, 0.3) is 0 Å². The van der Waals surface area contributed by atoms with Crippen molar-refractivity contribution in [3.63, 3.8) is 0 Å². The fraction of sp³-hybridized carbons (Fsp3) is 0. The quantitative estimate of drug-likeness (QED) is 0.108. The molecular weight excluding hydrogens is 3000 g/mol. The first kappa shape index (κ1) is 8330. The van der Waals surface area contributed by atoms with Crippen molar-refractivity contribution >= 4 is 0 Å². The van der Waals surface area contributed by atoms with E-state index in [-0.39, 0.29) is 539 Å². The van der Waals surface area contributed by atoms with Crippen LogP contribution in [-0.4, -0.2) is 225 Å². The van der Waals surface area contributed by atoms with Gasteiger partial charge in [0.15, 0.2) is 0 Å². The third kappa shape index (κ3) is 7730. The standard InChI is InChI=1S/10H3N.41H2O.12W/h10*1H3;41*1H2;;;;;;;;;;;;/p-10. The predicted octanol–water partition coefficient (Wildman–Crippen LogP) is -25.7. The third-order valence-electron chi connectivity index (χ3n) is 0. The Morgan fingerprint density at radius 2 is 0.0635 bits per heavy atom. The Bertz CT molecular complexity index is 80.7. The summed E-state index contributed by atoms with van der Waals surface area (Å²) >= 11 is 0. The fourth-order valence-corrected chi connectivity index (χ4v) is 0. The second-order valence-corrected chi connectivity index (χ2v) is 0. The van der Waals surface area contributed by atoms with Crippen molar-refractivity contribution < 1.29 is 477 Å². The Balaban J connectivity index is 0. The van der Waals surface area contributed by atoms with Gasteiger partial charge < -0.3 is 286 Å². The van der Waals surface area contributed by atoms with Crippen LogP contribution < -0.4 is 61.5 Å². The molecule has 0 amide bonds. The molecule has 0 rings (SSSR count). The monoisotopic (exact) mass is 3110 g/mol. The molecule has 0 saturated heterocycles.